The van der Waals surface area contributed by atoms with Gasteiger partial charge < -0.3 is 14.4 Å². The van der Waals surface area contributed by atoms with E-state index in [9.17, 15) is 0 Å². The van der Waals surface area contributed by atoms with Gasteiger partial charge in [0.1, 0.15) is 5.75 Å². The second-order valence-corrected chi connectivity index (χ2v) is 9.96. The minimum atomic E-state index is -0.000367. The average Bonchev–Trinajstić information content (AvgIpc) is 2.55. The van der Waals surface area contributed by atoms with Crippen molar-refractivity contribution in [1.29, 1.82) is 0 Å². The second-order valence-electron chi connectivity index (χ2n) is 9.96. The molecule has 0 N–H and O–H groups in total. The fraction of sp³-hybridized carbons (Fsp3) is 0.750. The molecule has 3 heteroatoms. The van der Waals surface area contributed by atoms with Gasteiger partial charge in [-0.15, -0.1) is 0 Å². The Bertz CT molecular complexity index is 497. The van der Waals surface area contributed by atoms with Gasteiger partial charge in [0.25, 0.3) is 0 Å². The Morgan fingerprint density at radius 2 is 1.41 bits per heavy atom. The molecule has 0 aliphatic rings. The van der Waals surface area contributed by atoms with Crippen LogP contribution in [0.15, 0.2) is 24.3 Å². The molecule has 0 atom stereocenters. The smallest absolute Gasteiger partial charge is 0.119 e. The quantitative estimate of drug-likeness (QED) is 0.398. The molecule has 0 unspecified atom stereocenters. The van der Waals surface area contributed by atoms with Crippen molar-refractivity contribution in [3.8, 4) is 5.75 Å². The highest BCUT2D eigenvalue weighted by molar-refractivity contribution is 5.27. The van der Waals surface area contributed by atoms with Crippen molar-refractivity contribution < 1.29 is 9.47 Å². The molecule has 0 bridgehead atoms. The van der Waals surface area contributed by atoms with Gasteiger partial charge in [-0.25, -0.2) is 0 Å². The number of benzene rings is 1. The maximum Gasteiger partial charge on any atom is 0.119 e. The van der Waals surface area contributed by atoms with Crippen molar-refractivity contribution in [2.24, 2.45) is 5.41 Å². The number of unbranched alkanes of at least 4 members (excludes halogenated alkanes) is 4. The van der Waals surface area contributed by atoms with Crippen molar-refractivity contribution in [3.05, 3.63) is 29.8 Å². The molecular formula is C24H43NO2. The van der Waals surface area contributed by atoms with E-state index in [1.807, 2.05) is 0 Å². The minimum Gasteiger partial charge on any atom is -0.493 e. The topological polar surface area (TPSA) is 21.7 Å². The van der Waals surface area contributed by atoms with Crippen LogP contribution in [0.3, 0.4) is 0 Å². The molecule has 1 rings (SSSR count). The lowest BCUT2D eigenvalue weighted by atomic mass is 9.99. The summed E-state index contributed by atoms with van der Waals surface area (Å²) in [6.45, 7) is 16.7. The Balaban J connectivity index is 2.12. The highest BCUT2D eigenvalue weighted by Crippen LogP contribution is 2.19. The van der Waals surface area contributed by atoms with Crippen LogP contribution in [0, 0.1) is 5.41 Å². The fourth-order valence-corrected chi connectivity index (χ4v) is 2.77. The summed E-state index contributed by atoms with van der Waals surface area (Å²) in [4.78, 5) is 2.41. The van der Waals surface area contributed by atoms with Crippen LogP contribution in [0.5, 0.6) is 5.75 Å². The first-order valence-corrected chi connectivity index (χ1v) is 10.6. The summed E-state index contributed by atoms with van der Waals surface area (Å²) in [5, 5.41) is 0. The van der Waals surface area contributed by atoms with Crippen LogP contribution in [0.4, 0.5) is 0 Å². The van der Waals surface area contributed by atoms with Gasteiger partial charge in [0.2, 0.25) is 0 Å². The van der Waals surface area contributed by atoms with Crippen molar-refractivity contribution in [3.63, 3.8) is 0 Å². The molecule has 0 heterocycles. The molecule has 156 valence electrons. The van der Waals surface area contributed by atoms with Crippen molar-refractivity contribution in [2.45, 2.75) is 85.8 Å². The predicted molar refractivity (Wildman–Crippen MR) is 117 cm³/mol. The van der Waals surface area contributed by atoms with Crippen LogP contribution in [0.1, 0.15) is 79.2 Å². The molecule has 0 spiro atoms. The molecule has 0 saturated heterocycles. The summed E-state index contributed by atoms with van der Waals surface area (Å²) < 4.78 is 11.6. The SMILES string of the molecule is CN(CCCCCCCOC(C)(C)C)Cc1ccc(OCC(C)(C)C)cc1. The summed E-state index contributed by atoms with van der Waals surface area (Å²) in [6, 6.07) is 8.55. The standard InChI is InChI=1S/C24H43NO2/c1-23(2,3)20-26-22-15-13-21(14-16-22)19-25(7)17-11-9-8-10-12-18-27-24(4,5)6/h13-16H,8-12,17-20H2,1-7H3. The highest BCUT2D eigenvalue weighted by atomic mass is 16.5. The lowest BCUT2D eigenvalue weighted by molar-refractivity contribution is -0.00475. The zero-order valence-electron chi connectivity index (χ0n) is 18.9. The van der Waals surface area contributed by atoms with E-state index in [0.29, 0.717) is 0 Å². The molecule has 1 aromatic rings. The maximum absolute atomic E-state index is 5.85. The minimum absolute atomic E-state index is 0.000367. The van der Waals surface area contributed by atoms with E-state index in [1.165, 1.54) is 37.7 Å². The van der Waals surface area contributed by atoms with E-state index in [4.69, 9.17) is 9.47 Å². The van der Waals surface area contributed by atoms with E-state index in [2.05, 4.69) is 77.8 Å². The number of hydrogen-bond donors (Lipinski definition) is 0. The van der Waals surface area contributed by atoms with Gasteiger partial charge in [0.05, 0.1) is 12.2 Å². The van der Waals surface area contributed by atoms with Crippen LogP contribution >= 0.6 is 0 Å². The van der Waals surface area contributed by atoms with Crippen LogP contribution in [-0.2, 0) is 11.3 Å². The molecule has 1 aromatic carbocycles. The Morgan fingerprint density at radius 3 is 2.00 bits per heavy atom. The third kappa shape index (κ3) is 13.7. The predicted octanol–water partition coefficient (Wildman–Crippen LogP) is 6.31. The Morgan fingerprint density at radius 1 is 0.815 bits per heavy atom. The first kappa shape index (κ1) is 24.0. The van der Waals surface area contributed by atoms with Crippen molar-refractivity contribution >= 4 is 0 Å². The molecular weight excluding hydrogens is 334 g/mol. The van der Waals surface area contributed by atoms with E-state index in [1.54, 1.807) is 0 Å². The first-order valence-electron chi connectivity index (χ1n) is 10.6. The van der Waals surface area contributed by atoms with Gasteiger partial charge in [-0.1, -0.05) is 52.2 Å². The summed E-state index contributed by atoms with van der Waals surface area (Å²) in [5.74, 6) is 0.965. The third-order valence-corrected chi connectivity index (χ3v) is 4.27. The molecule has 3 nitrogen and oxygen atoms in total. The van der Waals surface area contributed by atoms with E-state index in [-0.39, 0.29) is 11.0 Å². The average molecular weight is 378 g/mol. The van der Waals surface area contributed by atoms with Crippen LogP contribution in [-0.4, -0.2) is 37.3 Å². The molecule has 0 fully saturated rings. The van der Waals surface area contributed by atoms with Gasteiger partial charge in [-0.3, -0.25) is 0 Å². The maximum atomic E-state index is 5.85. The van der Waals surface area contributed by atoms with Gasteiger partial charge in [-0.05, 0) is 70.3 Å². The van der Waals surface area contributed by atoms with Gasteiger partial charge in [-0.2, -0.15) is 0 Å². The second kappa shape index (κ2) is 11.7. The summed E-state index contributed by atoms with van der Waals surface area (Å²) in [5.41, 5.74) is 1.54. The zero-order chi connectivity index (χ0) is 20.3. The highest BCUT2D eigenvalue weighted by Gasteiger charge is 2.11. The Labute approximate surface area is 168 Å². The molecule has 0 amide bonds. The third-order valence-electron chi connectivity index (χ3n) is 4.27. The van der Waals surface area contributed by atoms with Crippen molar-refractivity contribution in [1.82, 2.24) is 4.90 Å². The fourth-order valence-electron chi connectivity index (χ4n) is 2.77. The molecule has 0 saturated carbocycles. The lowest BCUT2D eigenvalue weighted by Crippen LogP contribution is -2.20. The van der Waals surface area contributed by atoms with Gasteiger partial charge in [0, 0.05) is 13.2 Å². The number of nitrogens with zero attached hydrogens (tertiary/aromatic N) is 1. The molecule has 27 heavy (non-hydrogen) atoms. The molecule has 0 aliphatic heterocycles. The zero-order valence-corrected chi connectivity index (χ0v) is 18.9. The van der Waals surface area contributed by atoms with Gasteiger partial charge >= 0.3 is 0 Å². The van der Waals surface area contributed by atoms with Crippen LogP contribution in [0.2, 0.25) is 0 Å². The Hall–Kier alpha value is -1.06. The van der Waals surface area contributed by atoms with E-state index < -0.39 is 0 Å². The molecule has 0 aromatic heterocycles. The Kier molecular flexibility index (Phi) is 10.4. The summed E-state index contributed by atoms with van der Waals surface area (Å²) in [7, 11) is 2.21. The lowest BCUT2D eigenvalue weighted by Gasteiger charge is -2.20. The van der Waals surface area contributed by atoms with Crippen LogP contribution in [0.25, 0.3) is 0 Å². The number of hydrogen-bond acceptors (Lipinski definition) is 3. The largest absolute Gasteiger partial charge is 0.493 e. The molecule has 0 radical (unpaired) electrons. The van der Waals surface area contributed by atoms with Crippen molar-refractivity contribution in [2.75, 3.05) is 26.8 Å². The summed E-state index contributed by atoms with van der Waals surface area (Å²) in [6.07, 6.45) is 6.33. The normalized spacial score (nSPS) is 12.6. The summed E-state index contributed by atoms with van der Waals surface area (Å²) >= 11 is 0. The van der Waals surface area contributed by atoms with Gasteiger partial charge in [0.15, 0.2) is 0 Å². The van der Waals surface area contributed by atoms with E-state index >= 15 is 0 Å². The monoisotopic (exact) mass is 377 g/mol. The number of ether oxygens (including phenoxy) is 2. The van der Waals surface area contributed by atoms with E-state index in [0.717, 1.165) is 32.1 Å². The number of rotatable bonds is 12. The first-order chi connectivity index (χ1) is 12.6. The van der Waals surface area contributed by atoms with Crippen LogP contribution < -0.4 is 4.74 Å². The molecule has 0 aliphatic carbocycles.